The third-order valence-electron chi connectivity index (χ3n) is 7.47. The van der Waals surface area contributed by atoms with E-state index < -0.39 is 18.1 Å². The van der Waals surface area contributed by atoms with E-state index in [9.17, 15) is 23.1 Å². The maximum absolute atomic E-state index is 11.7. The average molecular weight is 599 g/mol. The summed E-state index contributed by atoms with van der Waals surface area (Å²) in [6.45, 7) is 8.28. The van der Waals surface area contributed by atoms with Gasteiger partial charge < -0.3 is 15.1 Å². The molecule has 1 aromatic heterocycles. The van der Waals surface area contributed by atoms with Crippen LogP contribution in [0.2, 0.25) is 5.02 Å². The number of piperidine rings is 1. The second-order valence-electron chi connectivity index (χ2n) is 11.0. The van der Waals surface area contributed by atoms with Gasteiger partial charge in [0.2, 0.25) is 0 Å². The van der Waals surface area contributed by atoms with Gasteiger partial charge in [-0.25, -0.2) is 9.78 Å². The molecule has 0 unspecified atom stereocenters. The second-order valence-corrected chi connectivity index (χ2v) is 11.4. The molecule has 0 spiro atoms. The zero-order valence-corrected chi connectivity index (χ0v) is 24.1. The highest BCUT2D eigenvalue weighted by molar-refractivity contribution is 6.30. The van der Waals surface area contributed by atoms with Crippen molar-refractivity contribution >= 4 is 29.4 Å². The lowest BCUT2D eigenvalue weighted by atomic mass is 9.91. The van der Waals surface area contributed by atoms with Gasteiger partial charge in [0.1, 0.15) is 5.82 Å². The van der Waals surface area contributed by atoms with Gasteiger partial charge in [0.25, 0.3) is 0 Å². The number of carboxylic acid groups (broad SMARTS) is 2. The molecule has 2 N–H and O–H groups in total. The first-order valence-electron chi connectivity index (χ1n) is 13.8. The van der Waals surface area contributed by atoms with E-state index in [4.69, 9.17) is 21.5 Å². The molecule has 226 valence electrons. The molecule has 2 atom stereocenters. The summed E-state index contributed by atoms with van der Waals surface area (Å²) >= 11 is 6.12. The summed E-state index contributed by atoms with van der Waals surface area (Å²) in [5, 5.41) is 17.5. The summed E-state index contributed by atoms with van der Waals surface area (Å²) in [5.41, 5.74) is 1.25. The van der Waals surface area contributed by atoms with Crippen molar-refractivity contribution < 1.29 is 33.0 Å². The van der Waals surface area contributed by atoms with Gasteiger partial charge in [0.05, 0.1) is 6.54 Å². The lowest BCUT2D eigenvalue weighted by Crippen LogP contribution is -2.63. The molecule has 1 aromatic carbocycles. The van der Waals surface area contributed by atoms with Crippen LogP contribution < -0.4 is 4.90 Å². The molecule has 0 radical (unpaired) electrons. The van der Waals surface area contributed by atoms with E-state index in [0.29, 0.717) is 12.0 Å². The third kappa shape index (κ3) is 10.2. The normalized spacial score (nSPS) is 20.9. The molecular formula is C29H38ClF3N4O4. The van der Waals surface area contributed by atoms with E-state index in [2.05, 4.69) is 57.8 Å². The fourth-order valence-electron chi connectivity index (χ4n) is 5.66. The highest BCUT2D eigenvalue weighted by Crippen LogP contribution is 2.29. The van der Waals surface area contributed by atoms with Gasteiger partial charge in [-0.2, -0.15) is 13.2 Å². The minimum atomic E-state index is -5.08. The third-order valence-corrected chi connectivity index (χ3v) is 7.72. The Balaban J connectivity index is 0.000000587. The molecule has 0 amide bonds. The number of hydrogen-bond acceptors (Lipinski definition) is 6. The Hall–Kier alpha value is -2.89. The SMILES string of the molecule is CC(C)C[C@H]1CN(C2CCN(c3ccccn3)CC2)[C@@H](Cc2ccc(Cl)cc2)CN1CC(=O)O.O=C(O)C(F)(F)F. The quantitative estimate of drug-likeness (QED) is 0.435. The molecule has 0 aliphatic carbocycles. The Morgan fingerprint density at radius 2 is 1.66 bits per heavy atom. The van der Waals surface area contributed by atoms with E-state index in [1.54, 1.807) is 0 Å². The highest BCUT2D eigenvalue weighted by atomic mass is 35.5. The number of alkyl halides is 3. The van der Waals surface area contributed by atoms with Crippen LogP contribution in [0.4, 0.5) is 19.0 Å². The molecule has 2 aliphatic rings. The molecule has 2 aliphatic heterocycles. The van der Waals surface area contributed by atoms with Gasteiger partial charge in [-0.05, 0) is 61.4 Å². The number of piperazine rings is 1. The van der Waals surface area contributed by atoms with Crippen LogP contribution in [0.5, 0.6) is 0 Å². The van der Waals surface area contributed by atoms with E-state index in [1.165, 1.54) is 5.56 Å². The van der Waals surface area contributed by atoms with Crippen molar-refractivity contribution in [3.63, 3.8) is 0 Å². The first-order chi connectivity index (χ1) is 19.3. The molecule has 41 heavy (non-hydrogen) atoms. The number of carboxylic acids is 2. The van der Waals surface area contributed by atoms with E-state index in [-0.39, 0.29) is 18.6 Å². The molecule has 2 fully saturated rings. The number of carbonyl (C=O) groups is 2. The maximum Gasteiger partial charge on any atom is 0.490 e. The standard InChI is InChI=1S/C27H37ClN4O2.C2HF3O2/c1-20(2)15-24-18-32(23-10-13-30(14-11-23)26-5-3-4-12-29-26)25(17-31(24)19-27(33)34)16-21-6-8-22(28)9-7-21;3-2(4,5)1(6)7/h3-9,12,20,23-25H,10-11,13-19H2,1-2H3,(H,33,34);(H,6,7)/t24-,25-;/m0./s1. The lowest BCUT2D eigenvalue weighted by Gasteiger charge is -2.51. The number of aromatic nitrogens is 1. The predicted octanol–water partition coefficient (Wildman–Crippen LogP) is 5.07. The smallest absolute Gasteiger partial charge is 0.480 e. The highest BCUT2D eigenvalue weighted by Gasteiger charge is 2.39. The summed E-state index contributed by atoms with van der Waals surface area (Å²) in [6, 6.07) is 15.3. The van der Waals surface area contributed by atoms with Crippen LogP contribution in [0.15, 0.2) is 48.7 Å². The predicted molar refractivity (Wildman–Crippen MR) is 151 cm³/mol. The van der Waals surface area contributed by atoms with Crippen LogP contribution in [-0.4, -0.2) is 94.0 Å². The zero-order chi connectivity index (χ0) is 30.2. The minimum Gasteiger partial charge on any atom is -0.480 e. The Morgan fingerprint density at radius 3 is 2.17 bits per heavy atom. The number of pyridine rings is 1. The summed E-state index contributed by atoms with van der Waals surface area (Å²) in [7, 11) is 0. The second kappa shape index (κ2) is 14.8. The fourth-order valence-corrected chi connectivity index (χ4v) is 5.78. The number of hydrogen-bond donors (Lipinski definition) is 2. The Bertz CT molecular complexity index is 1110. The Labute approximate surface area is 243 Å². The van der Waals surface area contributed by atoms with Crippen molar-refractivity contribution in [2.45, 2.75) is 63.8 Å². The summed E-state index contributed by atoms with van der Waals surface area (Å²) in [6.07, 6.45) is 0.899. The van der Waals surface area contributed by atoms with Crippen LogP contribution in [-0.2, 0) is 16.0 Å². The first kappa shape index (κ1) is 32.6. The van der Waals surface area contributed by atoms with Crippen molar-refractivity contribution in [3.05, 3.63) is 59.2 Å². The number of benzene rings is 1. The van der Waals surface area contributed by atoms with Crippen LogP contribution >= 0.6 is 11.6 Å². The topological polar surface area (TPSA) is 97.2 Å². The number of rotatable bonds is 8. The van der Waals surface area contributed by atoms with Gasteiger partial charge >= 0.3 is 18.1 Å². The van der Waals surface area contributed by atoms with Gasteiger partial charge in [-0.3, -0.25) is 14.6 Å². The van der Waals surface area contributed by atoms with Gasteiger partial charge in [0, 0.05) is 55.5 Å². The Morgan fingerprint density at radius 1 is 1.02 bits per heavy atom. The first-order valence-corrected chi connectivity index (χ1v) is 14.1. The van der Waals surface area contributed by atoms with Crippen molar-refractivity contribution in [3.8, 4) is 0 Å². The van der Waals surface area contributed by atoms with Crippen LogP contribution in [0.3, 0.4) is 0 Å². The number of aliphatic carboxylic acids is 2. The van der Waals surface area contributed by atoms with Crippen molar-refractivity contribution in [1.82, 2.24) is 14.8 Å². The average Bonchev–Trinajstić information content (AvgIpc) is 2.91. The molecule has 3 heterocycles. The molecule has 0 saturated carbocycles. The molecule has 2 saturated heterocycles. The van der Waals surface area contributed by atoms with Crippen LogP contribution in [0.1, 0.15) is 38.7 Å². The molecular weight excluding hydrogens is 561 g/mol. The van der Waals surface area contributed by atoms with Crippen molar-refractivity contribution in [2.75, 3.05) is 37.6 Å². The van der Waals surface area contributed by atoms with Crippen molar-refractivity contribution in [1.29, 1.82) is 0 Å². The van der Waals surface area contributed by atoms with Gasteiger partial charge in [0.15, 0.2) is 0 Å². The zero-order valence-electron chi connectivity index (χ0n) is 23.3. The van der Waals surface area contributed by atoms with Gasteiger partial charge in [-0.15, -0.1) is 0 Å². The fraction of sp³-hybridized carbons (Fsp3) is 0.552. The van der Waals surface area contributed by atoms with Crippen LogP contribution in [0.25, 0.3) is 0 Å². The van der Waals surface area contributed by atoms with E-state index in [0.717, 1.165) is 62.7 Å². The molecule has 0 bridgehead atoms. The van der Waals surface area contributed by atoms with Crippen molar-refractivity contribution in [2.24, 2.45) is 5.92 Å². The minimum absolute atomic E-state index is 0.112. The number of halogens is 4. The summed E-state index contributed by atoms with van der Waals surface area (Å²) in [5.74, 6) is -1.91. The summed E-state index contributed by atoms with van der Waals surface area (Å²) in [4.78, 5) is 32.4. The maximum atomic E-state index is 11.7. The molecule has 2 aromatic rings. The molecule has 4 rings (SSSR count). The lowest BCUT2D eigenvalue weighted by molar-refractivity contribution is -0.192. The molecule has 8 nitrogen and oxygen atoms in total. The summed E-state index contributed by atoms with van der Waals surface area (Å²) < 4.78 is 31.7. The Kier molecular flexibility index (Phi) is 11.8. The molecule has 12 heteroatoms. The van der Waals surface area contributed by atoms with E-state index in [1.807, 2.05) is 24.4 Å². The van der Waals surface area contributed by atoms with Gasteiger partial charge in [-0.1, -0.05) is 43.6 Å². The number of nitrogens with zero attached hydrogens (tertiary/aromatic N) is 4. The number of anilines is 1. The monoisotopic (exact) mass is 598 g/mol. The largest absolute Gasteiger partial charge is 0.490 e. The van der Waals surface area contributed by atoms with E-state index >= 15 is 0 Å². The van der Waals surface area contributed by atoms with Crippen LogP contribution in [0, 0.1) is 5.92 Å².